The van der Waals surface area contributed by atoms with Crippen molar-refractivity contribution < 1.29 is 9.53 Å². The maximum Gasteiger partial charge on any atom is 0.405 e. The Kier molecular flexibility index (Phi) is 2.92. The van der Waals surface area contributed by atoms with Crippen molar-refractivity contribution in [3.63, 3.8) is 0 Å². The Bertz CT molecular complexity index is 164. The van der Waals surface area contributed by atoms with Crippen molar-refractivity contribution in [2.75, 3.05) is 6.54 Å². The number of nitrogens with two attached hydrogens (primary N) is 2. The first-order valence-corrected chi connectivity index (χ1v) is 4.37. The normalized spacial score (nSPS) is 21.8. The highest BCUT2D eigenvalue weighted by Gasteiger charge is 2.33. The average Bonchev–Trinajstić information content (AvgIpc) is 2.05. The van der Waals surface area contributed by atoms with Gasteiger partial charge in [-0.05, 0) is 25.7 Å². The van der Waals surface area contributed by atoms with Crippen molar-refractivity contribution in [3.05, 3.63) is 0 Å². The van der Waals surface area contributed by atoms with Crippen LogP contribution in [0.15, 0.2) is 0 Å². The minimum Gasteiger partial charge on any atom is -0.442 e. The van der Waals surface area contributed by atoms with Crippen LogP contribution in [0, 0.1) is 0 Å². The van der Waals surface area contributed by atoms with Crippen LogP contribution < -0.4 is 11.5 Å². The summed E-state index contributed by atoms with van der Waals surface area (Å²) in [6.45, 7) is 0.385. The van der Waals surface area contributed by atoms with Gasteiger partial charge in [-0.25, -0.2) is 4.79 Å². The van der Waals surface area contributed by atoms with Crippen LogP contribution in [-0.2, 0) is 4.74 Å². The molecule has 0 saturated heterocycles. The molecule has 12 heavy (non-hydrogen) atoms. The van der Waals surface area contributed by atoms with Gasteiger partial charge in [-0.1, -0.05) is 6.42 Å². The topological polar surface area (TPSA) is 78.3 Å². The van der Waals surface area contributed by atoms with Gasteiger partial charge >= 0.3 is 6.09 Å². The Labute approximate surface area is 72.2 Å². The third-order valence-electron chi connectivity index (χ3n) is 2.45. The third kappa shape index (κ3) is 2.11. The Hall–Kier alpha value is -0.770. The van der Waals surface area contributed by atoms with Crippen LogP contribution in [0.2, 0.25) is 0 Å². The molecular weight excluding hydrogens is 156 g/mol. The van der Waals surface area contributed by atoms with Crippen LogP contribution in [0.25, 0.3) is 0 Å². The SMILES string of the molecule is NCC1(OC(N)=O)CCCCC1. The van der Waals surface area contributed by atoms with Crippen LogP contribution in [0.3, 0.4) is 0 Å². The van der Waals surface area contributed by atoms with E-state index in [0.29, 0.717) is 6.54 Å². The minimum atomic E-state index is -0.706. The summed E-state index contributed by atoms with van der Waals surface area (Å²) in [5, 5.41) is 0. The highest BCUT2D eigenvalue weighted by atomic mass is 16.6. The number of primary amides is 1. The standard InChI is InChI=1S/C8H16N2O2/c9-6-8(12-7(10)11)4-2-1-3-5-8/h1-6,9H2,(H2,10,11). The van der Waals surface area contributed by atoms with Gasteiger partial charge in [0.2, 0.25) is 0 Å². The van der Waals surface area contributed by atoms with Crippen LogP contribution in [0.1, 0.15) is 32.1 Å². The predicted octanol–water partition coefficient (Wildman–Crippen LogP) is 0.743. The summed E-state index contributed by atoms with van der Waals surface area (Å²) in [5.41, 5.74) is 10.1. The van der Waals surface area contributed by atoms with E-state index in [1.54, 1.807) is 0 Å². The lowest BCUT2D eigenvalue weighted by Gasteiger charge is -2.34. The Morgan fingerprint density at radius 2 is 1.92 bits per heavy atom. The van der Waals surface area contributed by atoms with Gasteiger partial charge in [0.05, 0.1) is 0 Å². The Morgan fingerprint density at radius 3 is 2.33 bits per heavy atom. The molecule has 1 aliphatic carbocycles. The number of rotatable bonds is 2. The van der Waals surface area contributed by atoms with Crippen molar-refractivity contribution in [3.8, 4) is 0 Å². The van der Waals surface area contributed by atoms with Crippen LogP contribution in [-0.4, -0.2) is 18.2 Å². The van der Waals surface area contributed by atoms with Gasteiger partial charge in [-0.15, -0.1) is 0 Å². The fourth-order valence-electron chi connectivity index (χ4n) is 1.76. The summed E-state index contributed by atoms with van der Waals surface area (Å²) in [7, 11) is 0. The molecule has 1 rings (SSSR count). The van der Waals surface area contributed by atoms with E-state index < -0.39 is 11.7 Å². The molecule has 0 aromatic carbocycles. The second-order valence-electron chi connectivity index (χ2n) is 3.37. The van der Waals surface area contributed by atoms with E-state index in [9.17, 15) is 4.79 Å². The predicted molar refractivity (Wildman–Crippen MR) is 45.5 cm³/mol. The fraction of sp³-hybridized carbons (Fsp3) is 0.875. The molecule has 0 spiro atoms. The summed E-state index contributed by atoms with van der Waals surface area (Å²) >= 11 is 0. The molecule has 4 nitrogen and oxygen atoms in total. The van der Waals surface area contributed by atoms with E-state index in [0.717, 1.165) is 25.7 Å². The molecule has 0 unspecified atom stereocenters. The number of hydrogen-bond donors (Lipinski definition) is 2. The summed E-state index contributed by atoms with van der Waals surface area (Å²) in [6.07, 6.45) is 4.35. The van der Waals surface area contributed by atoms with Crippen LogP contribution >= 0.6 is 0 Å². The molecule has 1 fully saturated rings. The molecule has 70 valence electrons. The first kappa shape index (κ1) is 9.32. The molecule has 1 amide bonds. The van der Waals surface area contributed by atoms with Gasteiger partial charge in [0.25, 0.3) is 0 Å². The van der Waals surface area contributed by atoms with E-state index in [1.807, 2.05) is 0 Å². The van der Waals surface area contributed by atoms with E-state index in [-0.39, 0.29) is 0 Å². The molecule has 0 aliphatic heterocycles. The first-order valence-electron chi connectivity index (χ1n) is 4.37. The molecule has 4 N–H and O–H groups in total. The zero-order valence-electron chi connectivity index (χ0n) is 7.21. The maximum atomic E-state index is 10.6. The second-order valence-corrected chi connectivity index (χ2v) is 3.37. The summed E-state index contributed by atoms with van der Waals surface area (Å²) < 4.78 is 5.04. The zero-order valence-corrected chi connectivity index (χ0v) is 7.21. The quantitative estimate of drug-likeness (QED) is 0.645. The van der Waals surface area contributed by atoms with E-state index >= 15 is 0 Å². The summed E-state index contributed by atoms with van der Waals surface area (Å²) in [4.78, 5) is 10.6. The number of carbonyl (C=O) groups excluding carboxylic acids is 1. The van der Waals surface area contributed by atoms with Crippen molar-refractivity contribution in [1.29, 1.82) is 0 Å². The fourth-order valence-corrected chi connectivity index (χ4v) is 1.76. The molecule has 0 atom stereocenters. The number of ether oxygens (including phenoxy) is 1. The molecule has 0 radical (unpaired) electrons. The van der Waals surface area contributed by atoms with Gasteiger partial charge in [0.1, 0.15) is 5.60 Å². The monoisotopic (exact) mass is 172 g/mol. The first-order chi connectivity index (χ1) is 5.68. The van der Waals surface area contributed by atoms with Gasteiger partial charge < -0.3 is 16.2 Å². The van der Waals surface area contributed by atoms with Crippen LogP contribution in [0.5, 0.6) is 0 Å². The van der Waals surface area contributed by atoms with Gasteiger partial charge in [0, 0.05) is 6.54 Å². The second kappa shape index (κ2) is 3.76. The Morgan fingerprint density at radius 1 is 1.33 bits per heavy atom. The maximum absolute atomic E-state index is 10.6. The van der Waals surface area contributed by atoms with Gasteiger partial charge in [-0.3, -0.25) is 0 Å². The van der Waals surface area contributed by atoms with E-state index in [2.05, 4.69) is 0 Å². The molecule has 0 bridgehead atoms. The van der Waals surface area contributed by atoms with Crippen molar-refractivity contribution in [1.82, 2.24) is 0 Å². The van der Waals surface area contributed by atoms with E-state index in [4.69, 9.17) is 16.2 Å². The highest BCUT2D eigenvalue weighted by molar-refractivity contribution is 5.65. The van der Waals surface area contributed by atoms with Gasteiger partial charge in [0.15, 0.2) is 0 Å². The van der Waals surface area contributed by atoms with Crippen molar-refractivity contribution >= 4 is 6.09 Å². The molecule has 1 saturated carbocycles. The molecular formula is C8H16N2O2. The lowest BCUT2D eigenvalue weighted by molar-refractivity contribution is -0.00481. The smallest absolute Gasteiger partial charge is 0.405 e. The summed E-state index contributed by atoms with van der Waals surface area (Å²) in [5.74, 6) is 0. The molecule has 0 aromatic rings. The number of amides is 1. The minimum absolute atomic E-state index is 0.385. The zero-order chi connectivity index (χ0) is 9.03. The average molecular weight is 172 g/mol. The molecule has 4 heteroatoms. The molecule has 0 aromatic heterocycles. The Balaban J connectivity index is 2.53. The van der Waals surface area contributed by atoms with E-state index in [1.165, 1.54) is 6.42 Å². The highest BCUT2D eigenvalue weighted by Crippen LogP contribution is 2.30. The number of hydrogen-bond acceptors (Lipinski definition) is 3. The van der Waals surface area contributed by atoms with Crippen LogP contribution in [0.4, 0.5) is 4.79 Å². The summed E-state index contributed by atoms with van der Waals surface area (Å²) in [6, 6.07) is 0. The third-order valence-corrected chi connectivity index (χ3v) is 2.45. The molecule has 1 aliphatic rings. The van der Waals surface area contributed by atoms with Crippen molar-refractivity contribution in [2.45, 2.75) is 37.7 Å². The molecule has 0 heterocycles. The largest absolute Gasteiger partial charge is 0.442 e. The lowest BCUT2D eigenvalue weighted by Crippen LogP contribution is -2.45. The lowest BCUT2D eigenvalue weighted by atomic mass is 9.85. The van der Waals surface area contributed by atoms with Crippen molar-refractivity contribution in [2.24, 2.45) is 11.5 Å². The number of carbonyl (C=O) groups is 1. The van der Waals surface area contributed by atoms with Gasteiger partial charge in [-0.2, -0.15) is 0 Å².